The molecule has 1 saturated carbocycles. The van der Waals surface area contributed by atoms with E-state index in [2.05, 4.69) is 31.0 Å². The third-order valence-electron chi connectivity index (χ3n) is 6.01. The van der Waals surface area contributed by atoms with Crippen LogP contribution in [0.5, 0.6) is 0 Å². The van der Waals surface area contributed by atoms with Crippen molar-refractivity contribution < 1.29 is 4.74 Å². The summed E-state index contributed by atoms with van der Waals surface area (Å²) in [5, 5.41) is 3.86. The molecule has 0 aromatic heterocycles. The van der Waals surface area contributed by atoms with E-state index in [9.17, 15) is 0 Å². The minimum atomic E-state index is 0.0633. The summed E-state index contributed by atoms with van der Waals surface area (Å²) in [5.74, 6) is 0.918. The highest BCUT2D eigenvalue weighted by molar-refractivity contribution is 4.94. The molecule has 21 heavy (non-hydrogen) atoms. The third kappa shape index (κ3) is 3.80. The van der Waals surface area contributed by atoms with Gasteiger partial charge in [-0.3, -0.25) is 4.90 Å². The van der Waals surface area contributed by atoms with E-state index in [0.29, 0.717) is 6.04 Å². The second-order valence-electron chi connectivity index (χ2n) is 8.21. The summed E-state index contributed by atoms with van der Waals surface area (Å²) in [6, 6.07) is 2.12. The number of ether oxygens (including phenoxy) is 1. The minimum Gasteiger partial charge on any atom is -0.375 e. The molecule has 2 aliphatic heterocycles. The second-order valence-corrected chi connectivity index (χ2v) is 8.21. The van der Waals surface area contributed by atoms with Gasteiger partial charge in [0, 0.05) is 37.8 Å². The fourth-order valence-electron chi connectivity index (χ4n) is 4.75. The van der Waals surface area contributed by atoms with Gasteiger partial charge >= 0.3 is 0 Å². The lowest BCUT2D eigenvalue weighted by atomic mass is 9.82. The summed E-state index contributed by atoms with van der Waals surface area (Å²) >= 11 is 0. The van der Waals surface area contributed by atoms with E-state index in [-0.39, 0.29) is 5.60 Å². The van der Waals surface area contributed by atoms with E-state index in [4.69, 9.17) is 4.74 Å². The van der Waals surface area contributed by atoms with E-state index in [0.717, 1.165) is 24.6 Å². The molecule has 2 saturated heterocycles. The molecule has 3 atom stereocenters. The Hall–Kier alpha value is -0.120. The number of nitrogens with zero attached hydrogens (tertiary/aromatic N) is 1. The van der Waals surface area contributed by atoms with Crippen molar-refractivity contribution in [1.82, 2.24) is 10.2 Å². The van der Waals surface area contributed by atoms with Gasteiger partial charge in [-0.1, -0.05) is 19.3 Å². The van der Waals surface area contributed by atoms with Crippen molar-refractivity contribution in [2.24, 2.45) is 5.92 Å². The van der Waals surface area contributed by atoms with E-state index in [1.807, 2.05) is 0 Å². The average Bonchev–Trinajstić information content (AvgIpc) is 2.47. The fourth-order valence-corrected chi connectivity index (χ4v) is 4.75. The van der Waals surface area contributed by atoms with Gasteiger partial charge in [0.2, 0.25) is 0 Å². The summed E-state index contributed by atoms with van der Waals surface area (Å²) in [4.78, 5) is 2.81. The van der Waals surface area contributed by atoms with Crippen LogP contribution in [0, 0.1) is 5.92 Å². The summed E-state index contributed by atoms with van der Waals surface area (Å²) in [6.07, 6.45) is 9.64. The van der Waals surface area contributed by atoms with Gasteiger partial charge in [-0.2, -0.15) is 0 Å². The molecule has 3 unspecified atom stereocenters. The van der Waals surface area contributed by atoms with Crippen LogP contribution in [-0.2, 0) is 4.74 Å². The standard InChI is InChI=1S/C18H34N2O/c1-14-12-19-17(15-7-5-4-6-8-15)13-20(14)16-9-10-21-18(2,3)11-16/h14-17,19H,4-13H2,1-3H3. The molecule has 2 heterocycles. The maximum absolute atomic E-state index is 5.92. The van der Waals surface area contributed by atoms with Gasteiger partial charge in [0.25, 0.3) is 0 Å². The lowest BCUT2D eigenvalue weighted by Crippen LogP contribution is -2.62. The van der Waals surface area contributed by atoms with Gasteiger partial charge in [0.15, 0.2) is 0 Å². The van der Waals surface area contributed by atoms with Gasteiger partial charge < -0.3 is 10.1 Å². The lowest BCUT2D eigenvalue weighted by Gasteiger charge is -2.49. The SMILES string of the molecule is CC1CNC(C2CCCCC2)CN1C1CCOC(C)(C)C1. The van der Waals surface area contributed by atoms with E-state index in [1.165, 1.54) is 58.0 Å². The van der Waals surface area contributed by atoms with E-state index in [1.54, 1.807) is 0 Å². The molecule has 0 radical (unpaired) electrons. The highest BCUT2D eigenvalue weighted by Gasteiger charge is 2.38. The van der Waals surface area contributed by atoms with Gasteiger partial charge in [-0.25, -0.2) is 0 Å². The first-order valence-electron chi connectivity index (χ1n) is 9.18. The van der Waals surface area contributed by atoms with Crippen molar-refractivity contribution in [1.29, 1.82) is 0 Å². The average molecular weight is 294 g/mol. The van der Waals surface area contributed by atoms with Gasteiger partial charge in [0.1, 0.15) is 0 Å². The molecule has 3 aliphatic rings. The third-order valence-corrected chi connectivity index (χ3v) is 6.01. The van der Waals surface area contributed by atoms with Crippen LogP contribution < -0.4 is 5.32 Å². The molecule has 0 spiro atoms. The van der Waals surface area contributed by atoms with Crippen LogP contribution in [0.1, 0.15) is 65.7 Å². The first kappa shape index (κ1) is 15.8. The Morgan fingerprint density at radius 3 is 2.57 bits per heavy atom. The molecule has 3 heteroatoms. The summed E-state index contributed by atoms with van der Waals surface area (Å²) in [5.41, 5.74) is 0.0633. The minimum absolute atomic E-state index is 0.0633. The normalized spacial score (nSPS) is 39.3. The van der Waals surface area contributed by atoms with Crippen LogP contribution in [0.3, 0.4) is 0 Å². The maximum atomic E-state index is 5.92. The Morgan fingerprint density at radius 2 is 1.86 bits per heavy atom. The Bertz CT molecular complexity index is 338. The predicted octanol–water partition coefficient (Wildman–Crippen LogP) is 3.19. The highest BCUT2D eigenvalue weighted by atomic mass is 16.5. The Kier molecular flexibility index (Phi) is 4.92. The topological polar surface area (TPSA) is 24.5 Å². The van der Waals surface area contributed by atoms with Crippen molar-refractivity contribution in [2.75, 3.05) is 19.7 Å². The van der Waals surface area contributed by atoms with E-state index < -0.39 is 0 Å². The molecule has 122 valence electrons. The van der Waals surface area contributed by atoms with Crippen molar-refractivity contribution >= 4 is 0 Å². The summed E-state index contributed by atoms with van der Waals surface area (Å²) in [7, 11) is 0. The van der Waals surface area contributed by atoms with Crippen LogP contribution in [0.15, 0.2) is 0 Å². The summed E-state index contributed by atoms with van der Waals surface area (Å²) < 4.78 is 5.92. The summed E-state index contributed by atoms with van der Waals surface area (Å²) in [6.45, 7) is 10.3. The number of nitrogens with one attached hydrogen (secondary N) is 1. The molecular formula is C18H34N2O. The number of hydrogen-bond donors (Lipinski definition) is 1. The van der Waals surface area contributed by atoms with Crippen LogP contribution in [-0.4, -0.2) is 48.3 Å². The molecule has 3 nitrogen and oxygen atoms in total. The van der Waals surface area contributed by atoms with Crippen molar-refractivity contribution in [3.63, 3.8) is 0 Å². The Morgan fingerprint density at radius 1 is 1.10 bits per heavy atom. The predicted molar refractivity (Wildman–Crippen MR) is 87.6 cm³/mol. The first-order valence-corrected chi connectivity index (χ1v) is 9.18. The molecule has 0 aromatic carbocycles. The molecule has 3 rings (SSSR count). The largest absolute Gasteiger partial charge is 0.375 e. The van der Waals surface area contributed by atoms with E-state index >= 15 is 0 Å². The monoisotopic (exact) mass is 294 g/mol. The second kappa shape index (κ2) is 6.55. The van der Waals surface area contributed by atoms with Crippen molar-refractivity contribution in [3.05, 3.63) is 0 Å². The number of piperazine rings is 1. The first-order chi connectivity index (χ1) is 10.1. The van der Waals surface area contributed by atoms with Gasteiger partial charge in [-0.15, -0.1) is 0 Å². The zero-order valence-corrected chi connectivity index (χ0v) is 14.2. The van der Waals surface area contributed by atoms with Crippen LogP contribution in [0.4, 0.5) is 0 Å². The zero-order valence-electron chi connectivity index (χ0n) is 14.2. The van der Waals surface area contributed by atoms with Gasteiger partial charge in [-0.05, 0) is 52.4 Å². The Labute approximate surface area is 130 Å². The molecule has 0 bridgehead atoms. The Balaban J connectivity index is 1.62. The number of rotatable bonds is 2. The van der Waals surface area contributed by atoms with Crippen molar-refractivity contribution in [3.8, 4) is 0 Å². The molecule has 1 N–H and O–H groups in total. The lowest BCUT2D eigenvalue weighted by molar-refractivity contribution is -0.0942. The molecular weight excluding hydrogens is 260 g/mol. The smallest absolute Gasteiger partial charge is 0.0641 e. The van der Waals surface area contributed by atoms with Gasteiger partial charge in [0.05, 0.1) is 5.60 Å². The molecule has 3 fully saturated rings. The maximum Gasteiger partial charge on any atom is 0.0641 e. The molecule has 0 aromatic rings. The van der Waals surface area contributed by atoms with Crippen LogP contribution in [0.25, 0.3) is 0 Å². The zero-order chi connectivity index (χ0) is 14.9. The van der Waals surface area contributed by atoms with Crippen LogP contribution >= 0.6 is 0 Å². The quantitative estimate of drug-likeness (QED) is 0.846. The highest BCUT2D eigenvalue weighted by Crippen LogP contribution is 2.32. The van der Waals surface area contributed by atoms with Crippen LogP contribution in [0.2, 0.25) is 0 Å². The van der Waals surface area contributed by atoms with Crippen molar-refractivity contribution in [2.45, 2.75) is 89.4 Å². The molecule has 0 amide bonds. The number of hydrogen-bond acceptors (Lipinski definition) is 3. The molecule has 1 aliphatic carbocycles. The fraction of sp³-hybridized carbons (Fsp3) is 1.00.